The maximum Gasteiger partial charge on any atom is 0.146 e. The first-order chi connectivity index (χ1) is 7.72. The second-order valence-corrected chi connectivity index (χ2v) is 4.39. The summed E-state index contributed by atoms with van der Waals surface area (Å²) in [6.45, 7) is 0.645. The minimum absolute atomic E-state index is 0.142. The molecule has 0 radical (unpaired) electrons. The average molecular weight is 237 g/mol. The van der Waals surface area contributed by atoms with Crippen LogP contribution in [-0.4, -0.2) is 17.6 Å². The highest BCUT2D eigenvalue weighted by Gasteiger charge is 2.28. The Kier molecular flexibility index (Phi) is 3.28. The Morgan fingerprint density at radius 1 is 1.69 bits per heavy atom. The highest BCUT2D eigenvalue weighted by atomic mass is 35.5. The fourth-order valence-electron chi connectivity index (χ4n) is 1.56. The van der Waals surface area contributed by atoms with Gasteiger partial charge in [0, 0.05) is 18.8 Å². The summed E-state index contributed by atoms with van der Waals surface area (Å²) in [6.07, 6.45) is 3.99. The maximum absolute atomic E-state index is 8.80. The number of nitrogens with two attached hydrogens (primary N) is 1. The Hall–Kier alpha value is -1.31. The number of nitrogens with zero attached hydrogens (tertiary/aromatic N) is 2. The van der Waals surface area contributed by atoms with Crippen molar-refractivity contribution < 1.29 is 0 Å². The summed E-state index contributed by atoms with van der Waals surface area (Å²) in [5.74, 6) is 1.17. The third-order valence-corrected chi connectivity index (χ3v) is 3.12. The molecule has 16 heavy (non-hydrogen) atoms. The fourth-order valence-corrected chi connectivity index (χ4v) is 1.78. The van der Waals surface area contributed by atoms with Gasteiger partial charge in [-0.2, -0.15) is 5.26 Å². The van der Waals surface area contributed by atoms with Gasteiger partial charge in [-0.15, -0.1) is 0 Å². The molecule has 1 unspecified atom stereocenters. The van der Waals surface area contributed by atoms with Crippen LogP contribution in [0.1, 0.15) is 18.4 Å². The summed E-state index contributed by atoms with van der Waals surface area (Å²) in [5.41, 5.74) is 6.38. The van der Waals surface area contributed by atoms with Crippen LogP contribution < -0.4 is 11.1 Å². The van der Waals surface area contributed by atoms with Crippen molar-refractivity contribution in [2.24, 2.45) is 11.7 Å². The lowest BCUT2D eigenvalue weighted by molar-refractivity contribution is 0.620. The number of nitriles is 1. The molecule has 3 N–H and O–H groups in total. The molecule has 0 bridgehead atoms. The molecule has 0 spiro atoms. The third kappa shape index (κ3) is 2.43. The Morgan fingerprint density at radius 3 is 3.06 bits per heavy atom. The zero-order valence-corrected chi connectivity index (χ0v) is 9.54. The van der Waals surface area contributed by atoms with Gasteiger partial charge in [0.25, 0.3) is 0 Å². The van der Waals surface area contributed by atoms with E-state index in [0.717, 1.165) is 0 Å². The highest BCUT2D eigenvalue weighted by Crippen LogP contribution is 2.32. The molecule has 5 heteroatoms. The topological polar surface area (TPSA) is 74.7 Å². The smallest absolute Gasteiger partial charge is 0.146 e. The average Bonchev–Trinajstić information content (AvgIpc) is 3.11. The number of hydrogen-bond donors (Lipinski definition) is 2. The maximum atomic E-state index is 8.80. The molecule has 4 nitrogen and oxygen atoms in total. The number of rotatable bonds is 4. The van der Waals surface area contributed by atoms with E-state index in [2.05, 4.69) is 10.3 Å². The van der Waals surface area contributed by atoms with Crippen LogP contribution in [0.2, 0.25) is 5.02 Å². The van der Waals surface area contributed by atoms with Crippen LogP contribution >= 0.6 is 11.6 Å². The lowest BCUT2D eigenvalue weighted by atomic mass is 10.2. The van der Waals surface area contributed by atoms with Crippen LogP contribution in [0.15, 0.2) is 12.3 Å². The van der Waals surface area contributed by atoms with Gasteiger partial charge in [0.2, 0.25) is 0 Å². The first-order valence-electron chi connectivity index (χ1n) is 5.26. The van der Waals surface area contributed by atoms with E-state index in [1.165, 1.54) is 12.8 Å². The molecule has 1 fully saturated rings. The minimum atomic E-state index is 0.142. The molecule has 1 aromatic rings. The van der Waals surface area contributed by atoms with E-state index in [1.54, 1.807) is 12.3 Å². The fraction of sp³-hybridized carbons (Fsp3) is 0.455. The molecule has 0 saturated heterocycles. The van der Waals surface area contributed by atoms with E-state index in [1.807, 2.05) is 6.07 Å². The molecular formula is C11H13ClN4. The zero-order valence-electron chi connectivity index (χ0n) is 8.78. The molecule has 1 heterocycles. The van der Waals surface area contributed by atoms with E-state index >= 15 is 0 Å². The number of halogens is 1. The Labute approximate surface area is 99.4 Å². The predicted octanol–water partition coefficient (Wildman–Crippen LogP) is 1.76. The van der Waals surface area contributed by atoms with E-state index in [-0.39, 0.29) is 6.04 Å². The van der Waals surface area contributed by atoms with Gasteiger partial charge >= 0.3 is 0 Å². The van der Waals surface area contributed by atoms with Gasteiger partial charge in [-0.05, 0) is 24.8 Å². The quantitative estimate of drug-likeness (QED) is 0.835. The standard InChI is InChI=1S/C11H13ClN4/c12-10-8(5-13)3-4-15-11(10)16-6-9(14)7-1-2-7/h3-4,7,9H,1-2,6,14H2,(H,15,16). The van der Waals surface area contributed by atoms with Crippen LogP contribution in [-0.2, 0) is 0 Å². The summed E-state index contributed by atoms with van der Waals surface area (Å²) < 4.78 is 0. The molecule has 0 aliphatic heterocycles. The SMILES string of the molecule is N#Cc1ccnc(NCC(N)C2CC2)c1Cl. The van der Waals surface area contributed by atoms with Crippen molar-refractivity contribution in [3.8, 4) is 6.07 Å². The van der Waals surface area contributed by atoms with Crippen molar-refractivity contribution in [2.75, 3.05) is 11.9 Å². The van der Waals surface area contributed by atoms with Crippen LogP contribution in [0.4, 0.5) is 5.82 Å². The van der Waals surface area contributed by atoms with E-state index < -0.39 is 0 Å². The van der Waals surface area contributed by atoms with Gasteiger partial charge in [0.1, 0.15) is 16.9 Å². The second-order valence-electron chi connectivity index (χ2n) is 4.02. The van der Waals surface area contributed by atoms with E-state index in [0.29, 0.717) is 28.9 Å². The normalized spacial score (nSPS) is 16.6. The molecule has 0 aromatic carbocycles. The van der Waals surface area contributed by atoms with Crippen molar-refractivity contribution >= 4 is 17.4 Å². The van der Waals surface area contributed by atoms with Crippen LogP contribution in [0.25, 0.3) is 0 Å². The Balaban J connectivity index is 2.01. The van der Waals surface area contributed by atoms with E-state index in [4.69, 9.17) is 22.6 Å². The number of pyridine rings is 1. The van der Waals surface area contributed by atoms with Crippen molar-refractivity contribution in [3.63, 3.8) is 0 Å². The van der Waals surface area contributed by atoms with Gasteiger partial charge in [0.05, 0.1) is 5.56 Å². The van der Waals surface area contributed by atoms with Crippen molar-refractivity contribution in [3.05, 3.63) is 22.8 Å². The number of aromatic nitrogens is 1. The molecular weight excluding hydrogens is 224 g/mol. The summed E-state index contributed by atoms with van der Waals surface area (Å²) >= 11 is 6.00. The minimum Gasteiger partial charge on any atom is -0.367 e. The number of hydrogen-bond acceptors (Lipinski definition) is 4. The Bertz CT molecular complexity index is 422. The highest BCUT2D eigenvalue weighted by molar-refractivity contribution is 6.34. The summed E-state index contributed by atoms with van der Waals surface area (Å²) in [6, 6.07) is 3.75. The first kappa shape index (κ1) is 11.2. The molecule has 84 valence electrons. The van der Waals surface area contributed by atoms with Gasteiger partial charge in [0.15, 0.2) is 0 Å². The molecule has 1 aliphatic carbocycles. The monoisotopic (exact) mass is 236 g/mol. The van der Waals surface area contributed by atoms with Crippen LogP contribution in [0.3, 0.4) is 0 Å². The molecule has 2 rings (SSSR count). The Morgan fingerprint density at radius 2 is 2.44 bits per heavy atom. The summed E-state index contributed by atoms with van der Waals surface area (Å²) in [5, 5.41) is 12.3. The van der Waals surface area contributed by atoms with Gasteiger partial charge in [-0.3, -0.25) is 0 Å². The van der Waals surface area contributed by atoms with Crippen molar-refractivity contribution in [2.45, 2.75) is 18.9 Å². The zero-order chi connectivity index (χ0) is 11.5. The van der Waals surface area contributed by atoms with Gasteiger partial charge in [-0.25, -0.2) is 4.98 Å². The summed E-state index contributed by atoms with van der Waals surface area (Å²) in [4.78, 5) is 4.09. The lowest BCUT2D eigenvalue weighted by Crippen LogP contribution is -2.31. The van der Waals surface area contributed by atoms with Crippen molar-refractivity contribution in [1.29, 1.82) is 5.26 Å². The molecule has 1 aromatic heterocycles. The van der Waals surface area contributed by atoms with Gasteiger partial charge < -0.3 is 11.1 Å². The molecule has 1 saturated carbocycles. The van der Waals surface area contributed by atoms with Crippen molar-refractivity contribution in [1.82, 2.24) is 4.98 Å². The largest absolute Gasteiger partial charge is 0.367 e. The third-order valence-electron chi connectivity index (χ3n) is 2.74. The molecule has 0 amide bonds. The van der Waals surface area contributed by atoms with Gasteiger partial charge in [-0.1, -0.05) is 11.6 Å². The number of nitrogens with one attached hydrogen (secondary N) is 1. The second kappa shape index (κ2) is 4.69. The van der Waals surface area contributed by atoms with E-state index in [9.17, 15) is 0 Å². The van der Waals surface area contributed by atoms with Crippen LogP contribution in [0, 0.1) is 17.2 Å². The lowest BCUT2D eigenvalue weighted by Gasteiger charge is -2.13. The summed E-state index contributed by atoms with van der Waals surface area (Å²) in [7, 11) is 0. The first-order valence-corrected chi connectivity index (χ1v) is 5.64. The van der Waals surface area contributed by atoms with Crippen LogP contribution in [0.5, 0.6) is 0 Å². The number of anilines is 1. The molecule has 1 aliphatic rings. The molecule has 1 atom stereocenters. The predicted molar refractivity (Wildman–Crippen MR) is 63.2 cm³/mol.